The third-order valence-electron chi connectivity index (χ3n) is 1.73. The highest BCUT2D eigenvalue weighted by Gasteiger charge is 2.08. The van der Waals surface area contributed by atoms with Crippen molar-refractivity contribution >= 4 is 23.6 Å². The molecule has 0 rings (SSSR count). The number of carboxylic acid groups (broad SMARTS) is 1. The molecular weight excluding hydrogens is 202 g/mol. The van der Waals surface area contributed by atoms with Crippen LogP contribution in [0.25, 0.3) is 0 Å². The molecule has 0 aromatic heterocycles. The van der Waals surface area contributed by atoms with Crippen LogP contribution in [-0.2, 0) is 9.59 Å². The smallest absolute Gasteiger partial charge is 0.303 e. The van der Waals surface area contributed by atoms with Crippen LogP contribution in [0.4, 0.5) is 0 Å². The van der Waals surface area contributed by atoms with E-state index in [9.17, 15) is 9.59 Å². The van der Waals surface area contributed by atoms with Gasteiger partial charge in [0.25, 0.3) is 0 Å². The predicted octanol–water partition coefficient (Wildman–Crippen LogP) is 1.11. The molecule has 14 heavy (non-hydrogen) atoms. The normalized spacial score (nSPS) is 12.1. The summed E-state index contributed by atoms with van der Waals surface area (Å²) in [5, 5.41) is 11.2. The molecule has 82 valence electrons. The molecule has 0 radical (unpaired) electrons. The second-order valence-electron chi connectivity index (χ2n) is 3.14. The third-order valence-corrected chi connectivity index (χ3v) is 2.34. The number of carbonyl (C=O) groups is 2. The molecule has 0 bridgehead atoms. The first-order chi connectivity index (χ1) is 6.56. The molecule has 1 amide bonds. The van der Waals surface area contributed by atoms with E-state index in [1.807, 2.05) is 13.2 Å². The minimum atomic E-state index is -0.824. The number of hydrogen-bond donors (Lipinski definition) is 2. The van der Waals surface area contributed by atoms with Crippen LogP contribution in [0.1, 0.15) is 26.2 Å². The first-order valence-electron chi connectivity index (χ1n) is 4.56. The molecule has 1 unspecified atom stereocenters. The third kappa shape index (κ3) is 7.91. The number of carbonyl (C=O) groups excluding carboxylic acids is 1. The van der Waals surface area contributed by atoms with Crippen molar-refractivity contribution in [1.29, 1.82) is 0 Å². The van der Waals surface area contributed by atoms with E-state index in [0.717, 1.165) is 5.75 Å². The second kappa shape index (κ2) is 7.67. The Kier molecular flexibility index (Phi) is 7.28. The average Bonchev–Trinajstić information content (AvgIpc) is 2.11. The molecule has 0 aliphatic heterocycles. The molecule has 0 aromatic rings. The number of amides is 1. The number of hydrogen-bond acceptors (Lipinski definition) is 3. The van der Waals surface area contributed by atoms with Crippen molar-refractivity contribution in [3.8, 4) is 0 Å². The standard InChI is InChI=1S/C9H17NO3S/c1-7(3-4-9(12)13)10-8(11)5-6-14-2/h7H,3-6H2,1-2H3,(H,10,11)(H,12,13). The van der Waals surface area contributed by atoms with Gasteiger partial charge in [-0.05, 0) is 19.6 Å². The highest BCUT2D eigenvalue weighted by Crippen LogP contribution is 1.99. The van der Waals surface area contributed by atoms with Crippen molar-refractivity contribution in [1.82, 2.24) is 5.32 Å². The first-order valence-corrected chi connectivity index (χ1v) is 5.95. The van der Waals surface area contributed by atoms with Gasteiger partial charge in [-0.2, -0.15) is 11.8 Å². The lowest BCUT2D eigenvalue weighted by Crippen LogP contribution is -2.33. The summed E-state index contributed by atoms with van der Waals surface area (Å²) in [5.41, 5.74) is 0. The maximum atomic E-state index is 11.2. The van der Waals surface area contributed by atoms with E-state index in [0.29, 0.717) is 12.8 Å². The van der Waals surface area contributed by atoms with Gasteiger partial charge in [0.15, 0.2) is 0 Å². The average molecular weight is 219 g/mol. The highest BCUT2D eigenvalue weighted by atomic mass is 32.2. The fraction of sp³-hybridized carbons (Fsp3) is 0.778. The lowest BCUT2D eigenvalue weighted by atomic mass is 10.2. The van der Waals surface area contributed by atoms with Crippen molar-refractivity contribution in [2.24, 2.45) is 0 Å². The number of carboxylic acids is 1. The van der Waals surface area contributed by atoms with Crippen molar-refractivity contribution in [2.75, 3.05) is 12.0 Å². The van der Waals surface area contributed by atoms with E-state index >= 15 is 0 Å². The zero-order valence-corrected chi connectivity index (χ0v) is 9.39. The van der Waals surface area contributed by atoms with Crippen molar-refractivity contribution in [3.63, 3.8) is 0 Å². The van der Waals surface area contributed by atoms with Crippen LogP contribution in [-0.4, -0.2) is 35.0 Å². The summed E-state index contributed by atoms with van der Waals surface area (Å²) < 4.78 is 0. The van der Waals surface area contributed by atoms with E-state index in [4.69, 9.17) is 5.11 Å². The molecule has 4 nitrogen and oxygen atoms in total. The fourth-order valence-corrected chi connectivity index (χ4v) is 1.34. The van der Waals surface area contributed by atoms with E-state index in [1.165, 1.54) is 0 Å². The van der Waals surface area contributed by atoms with E-state index in [-0.39, 0.29) is 18.4 Å². The van der Waals surface area contributed by atoms with Crippen LogP contribution >= 0.6 is 11.8 Å². The van der Waals surface area contributed by atoms with Crippen molar-refractivity contribution in [2.45, 2.75) is 32.2 Å². The van der Waals surface area contributed by atoms with Gasteiger partial charge in [-0.3, -0.25) is 9.59 Å². The number of aliphatic carboxylic acids is 1. The predicted molar refractivity (Wildman–Crippen MR) is 57.5 cm³/mol. The summed E-state index contributed by atoms with van der Waals surface area (Å²) in [6.07, 6.45) is 3.03. The van der Waals surface area contributed by atoms with Gasteiger partial charge in [0.05, 0.1) is 0 Å². The zero-order chi connectivity index (χ0) is 11.0. The molecule has 0 spiro atoms. The summed E-state index contributed by atoms with van der Waals surface area (Å²) in [6.45, 7) is 1.82. The van der Waals surface area contributed by atoms with E-state index < -0.39 is 5.97 Å². The maximum absolute atomic E-state index is 11.2. The topological polar surface area (TPSA) is 66.4 Å². The summed E-state index contributed by atoms with van der Waals surface area (Å²) in [4.78, 5) is 21.4. The zero-order valence-electron chi connectivity index (χ0n) is 8.58. The summed E-state index contributed by atoms with van der Waals surface area (Å²) in [6, 6.07) is -0.0551. The Morgan fingerprint density at radius 2 is 2.07 bits per heavy atom. The SMILES string of the molecule is CSCCC(=O)NC(C)CCC(=O)O. The molecule has 0 heterocycles. The number of rotatable bonds is 7. The maximum Gasteiger partial charge on any atom is 0.303 e. The van der Waals surface area contributed by atoms with Gasteiger partial charge >= 0.3 is 5.97 Å². The van der Waals surface area contributed by atoms with Gasteiger partial charge in [-0.1, -0.05) is 0 Å². The Bertz CT molecular complexity index is 196. The van der Waals surface area contributed by atoms with Gasteiger partial charge < -0.3 is 10.4 Å². The van der Waals surface area contributed by atoms with Crippen LogP contribution in [0.3, 0.4) is 0 Å². The molecule has 5 heteroatoms. The van der Waals surface area contributed by atoms with Crippen LogP contribution < -0.4 is 5.32 Å². The Hall–Kier alpha value is -0.710. The van der Waals surface area contributed by atoms with Gasteiger partial charge in [0.2, 0.25) is 5.91 Å². The minimum Gasteiger partial charge on any atom is -0.481 e. The Labute approximate surface area is 88.4 Å². The van der Waals surface area contributed by atoms with Crippen LogP contribution in [0, 0.1) is 0 Å². The summed E-state index contributed by atoms with van der Waals surface area (Å²) in [5.74, 6) is -0.0234. The van der Waals surface area contributed by atoms with E-state index in [2.05, 4.69) is 5.32 Å². The van der Waals surface area contributed by atoms with Crippen LogP contribution in [0.15, 0.2) is 0 Å². The molecule has 1 atom stereocenters. The summed E-state index contributed by atoms with van der Waals surface area (Å²) in [7, 11) is 0. The molecular formula is C9H17NO3S. The quantitative estimate of drug-likeness (QED) is 0.673. The van der Waals surface area contributed by atoms with Crippen molar-refractivity contribution < 1.29 is 14.7 Å². The Balaban J connectivity index is 3.55. The van der Waals surface area contributed by atoms with Crippen LogP contribution in [0.2, 0.25) is 0 Å². The molecule has 2 N–H and O–H groups in total. The second-order valence-corrected chi connectivity index (χ2v) is 4.13. The van der Waals surface area contributed by atoms with Gasteiger partial charge in [-0.15, -0.1) is 0 Å². The lowest BCUT2D eigenvalue weighted by molar-refractivity contribution is -0.137. The van der Waals surface area contributed by atoms with Crippen molar-refractivity contribution in [3.05, 3.63) is 0 Å². The number of nitrogens with one attached hydrogen (secondary N) is 1. The fourth-order valence-electron chi connectivity index (χ4n) is 0.954. The molecule has 0 aliphatic carbocycles. The first kappa shape index (κ1) is 13.3. The Morgan fingerprint density at radius 1 is 1.43 bits per heavy atom. The number of thioether (sulfide) groups is 1. The molecule has 0 aliphatic rings. The minimum absolute atomic E-state index is 0.00256. The monoisotopic (exact) mass is 219 g/mol. The Morgan fingerprint density at radius 3 is 2.57 bits per heavy atom. The van der Waals surface area contributed by atoms with Crippen LogP contribution in [0.5, 0.6) is 0 Å². The molecule has 0 saturated heterocycles. The summed E-state index contributed by atoms with van der Waals surface area (Å²) >= 11 is 1.62. The molecule has 0 saturated carbocycles. The molecule has 0 aromatic carbocycles. The molecule has 0 fully saturated rings. The van der Waals surface area contributed by atoms with Gasteiger partial charge in [-0.25, -0.2) is 0 Å². The lowest BCUT2D eigenvalue weighted by Gasteiger charge is -2.12. The van der Waals surface area contributed by atoms with Gasteiger partial charge in [0.1, 0.15) is 0 Å². The van der Waals surface area contributed by atoms with Gasteiger partial charge in [0, 0.05) is 24.6 Å². The largest absolute Gasteiger partial charge is 0.481 e. The highest BCUT2D eigenvalue weighted by molar-refractivity contribution is 7.98. The van der Waals surface area contributed by atoms with E-state index in [1.54, 1.807) is 11.8 Å².